The summed E-state index contributed by atoms with van der Waals surface area (Å²) in [6.45, 7) is 0.889. The fourth-order valence-electron chi connectivity index (χ4n) is 1.46. The van der Waals surface area contributed by atoms with Crippen molar-refractivity contribution in [1.82, 2.24) is 4.90 Å². The van der Waals surface area contributed by atoms with E-state index in [1.165, 1.54) is 0 Å². The predicted molar refractivity (Wildman–Crippen MR) is 46.8 cm³/mol. The molecule has 0 bridgehead atoms. The first kappa shape index (κ1) is 7.74. The largest absolute Gasteiger partial charge is 0.330 e. The van der Waals surface area contributed by atoms with Crippen LogP contribution in [0.25, 0.3) is 0 Å². The van der Waals surface area contributed by atoms with Crippen LogP contribution in [0.1, 0.15) is 6.42 Å². The molecular formula is C7H10ClNOS. The van der Waals surface area contributed by atoms with Crippen molar-refractivity contribution in [3.8, 4) is 0 Å². The van der Waals surface area contributed by atoms with Gasteiger partial charge in [-0.3, -0.25) is 4.79 Å². The smallest absolute Gasteiger partial charge is 0.226 e. The van der Waals surface area contributed by atoms with E-state index in [0.717, 1.165) is 18.7 Å². The molecule has 1 unspecified atom stereocenters. The van der Waals surface area contributed by atoms with Crippen molar-refractivity contribution in [3.05, 3.63) is 0 Å². The first-order valence-electron chi connectivity index (χ1n) is 3.78. The fraction of sp³-hybridized carbons (Fsp3) is 0.857. The van der Waals surface area contributed by atoms with Gasteiger partial charge >= 0.3 is 0 Å². The lowest BCUT2D eigenvalue weighted by Crippen LogP contribution is -2.56. The molecule has 2 rings (SSSR count). The van der Waals surface area contributed by atoms with E-state index in [1.807, 2.05) is 16.7 Å². The van der Waals surface area contributed by atoms with Crippen LogP contribution in [0, 0.1) is 5.92 Å². The van der Waals surface area contributed by atoms with Gasteiger partial charge in [0.2, 0.25) is 5.91 Å². The Labute approximate surface area is 75.3 Å². The highest BCUT2D eigenvalue weighted by atomic mass is 35.5. The first-order valence-corrected chi connectivity index (χ1v) is 5.36. The average Bonchev–Trinajstić information content (AvgIpc) is 2.03. The SMILES string of the molecule is O=C1C[C@@H]2SCC(CCl)CN12. The van der Waals surface area contributed by atoms with Gasteiger partial charge in [-0.15, -0.1) is 23.4 Å². The van der Waals surface area contributed by atoms with Crippen LogP contribution in [-0.4, -0.2) is 34.4 Å². The van der Waals surface area contributed by atoms with E-state index in [9.17, 15) is 4.79 Å². The molecule has 2 saturated heterocycles. The maximum absolute atomic E-state index is 11.0. The van der Waals surface area contributed by atoms with Crippen LogP contribution in [0.15, 0.2) is 0 Å². The Bertz CT molecular complexity index is 187. The van der Waals surface area contributed by atoms with Crippen molar-refractivity contribution in [2.24, 2.45) is 5.92 Å². The topological polar surface area (TPSA) is 20.3 Å². The quantitative estimate of drug-likeness (QED) is 0.458. The molecule has 0 aromatic heterocycles. The van der Waals surface area contributed by atoms with Gasteiger partial charge in [-0.1, -0.05) is 0 Å². The van der Waals surface area contributed by atoms with Crippen LogP contribution in [0.3, 0.4) is 0 Å². The van der Waals surface area contributed by atoms with E-state index in [1.54, 1.807) is 0 Å². The van der Waals surface area contributed by atoms with Gasteiger partial charge in [-0.2, -0.15) is 0 Å². The lowest BCUT2D eigenvalue weighted by atomic mass is 10.1. The van der Waals surface area contributed by atoms with Crippen molar-refractivity contribution >= 4 is 29.3 Å². The number of β-lactam (4-membered cyclic amide) rings is 1. The molecule has 1 amide bonds. The molecule has 11 heavy (non-hydrogen) atoms. The average molecular weight is 192 g/mol. The van der Waals surface area contributed by atoms with E-state index in [0.29, 0.717) is 23.1 Å². The molecular weight excluding hydrogens is 182 g/mol. The molecule has 4 heteroatoms. The van der Waals surface area contributed by atoms with Gasteiger partial charge in [0.25, 0.3) is 0 Å². The number of hydrogen-bond acceptors (Lipinski definition) is 2. The van der Waals surface area contributed by atoms with E-state index in [4.69, 9.17) is 11.6 Å². The molecule has 0 N–H and O–H groups in total. The number of alkyl halides is 1. The third-order valence-electron chi connectivity index (χ3n) is 2.21. The van der Waals surface area contributed by atoms with Gasteiger partial charge in [0, 0.05) is 18.2 Å². The molecule has 0 saturated carbocycles. The number of carbonyl (C=O) groups excluding carboxylic acids is 1. The molecule has 2 fully saturated rings. The highest BCUT2D eigenvalue weighted by molar-refractivity contribution is 8.00. The highest BCUT2D eigenvalue weighted by Crippen LogP contribution is 2.36. The van der Waals surface area contributed by atoms with Crippen LogP contribution in [-0.2, 0) is 4.79 Å². The van der Waals surface area contributed by atoms with Crippen LogP contribution >= 0.6 is 23.4 Å². The molecule has 0 aromatic carbocycles. The standard InChI is InChI=1S/C7H10ClNOS/c8-2-5-3-9-6(10)1-7(9)11-4-5/h5,7H,1-4H2/t5?,7-/m0/s1. The second-order valence-corrected chi connectivity index (χ2v) is 4.58. The highest BCUT2D eigenvalue weighted by Gasteiger charge is 2.40. The van der Waals surface area contributed by atoms with Gasteiger partial charge in [0.05, 0.1) is 11.8 Å². The van der Waals surface area contributed by atoms with Crippen molar-refractivity contribution in [2.45, 2.75) is 11.8 Å². The number of halogens is 1. The second-order valence-electron chi connectivity index (χ2n) is 3.06. The second kappa shape index (κ2) is 2.87. The van der Waals surface area contributed by atoms with Gasteiger partial charge < -0.3 is 4.90 Å². The van der Waals surface area contributed by atoms with Crippen molar-refractivity contribution in [2.75, 3.05) is 18.2 Å². The molecule has 0 spiro atoms. The Morgan fingerprint density at radius 2 is 2.55 bits per heavy atom. The minimum atomic E-state index is 0.303. The number of hydrogen-bond donors (Lipinski definition) is 0. The number of amides is 1. The van der Waals surface area contributed by atoms with E-state index < -0.39 is 0 Å². The van der Waals surface area contributed by atoms with Crippen molar-refractivity contribution in [3.63, 3.8) is 0 Å². The molecule has 0 radical (unpaired) electrons. The Balaban J connectivity index is 1.94. The van der Waals surface area contributed by atoms with Crippen LogP contribution in [0.4, 0.5) is 0 Å². The minimum absolute atomic E-state index is 0.303. The molecule has 2 aliphatic heterocycles. The third-order valence-corrected chi connectivity index (χ3v) is 4.12. The Hall–Kier alpha value is 0.110. The summed E-state index contributed by atoms with van der Waals surface area (Å²) in [5.74, 6) is 2.63. The monoisotopic (exact) mass is 191 g/mol. The zero-order chi connectivity index (χ0) is 7.84. The van der Waals surface area contributed by atoms with Gasteiger partial charge in [-0.05, 0) is 5.92 Å². The summed E-state index contributed by atoms with van der Waals surface area (Å²) >= 11 is 7.58. The maximum atomic E-state index is 11.0. The normalized spacial score (nSPS) is 36.5. The number of rotatable bonds is 1. The summed E-state index contributed by atoms with van der Waals surface area (Å²) in [5, 5.41) is 0.488. The van der Waals surface area contributed by atoms with Crippen molar-refractivity contribution < 1.29 is 4.79 Å². The zero-order valence-electron chi connectivity index (χ0n) is 6.12. The first-order chi connectivity index (χ1) is 5.31. The van der Waals surface area contributed by atoms with E-state index in [2.05, 4.69) is 0 Å². The zero-order valence-corrected chi connectivity index (χ0v) is 7.70. The maximum Gasteiger partial charge on any atom is 0.226 e. The van der Waals surface area contributed by atoms with E-state index in [-0.39, 0.29) is 0 Å². The lowest BCUT2D eigenvalue weighted by molar-refractivity contribution is -0.142. The summed E-state index contributed by atoms with van der Waals surface area (Å²) in [4.78, 5) is 12.9. The molecule has 62 valence electrons. The number of fused-ring (bicyclic) bond motifs is 1. The van der Waals surface area contributed by atoms with Gasteiger partial charge in [-0.25, -0.2) is 0 Å². The molecule has 0 aromatic rings. The number of carbonyl (C=O) groups is 1. The van der Waals surface area contributed by atoms with Crippen LogP contribution in [0.2, 0.25) is 0 Å². The Kier molecular flexibility index (Phi) is 2.02. The minimum Gasteiger partial charge on any atom is -0.330 e. The molecule has 2 atom stereocenters. The van der Waals surface area contributed by atoms with E-state index >= 15 is 0 Å². The summed E-state index contributed by atoms with van der Waals surface area (Å²) in [6, 6.07) is 0. The van der Waals surface area contributed by atoms with Crippen LogP contribution in [0.5, 0.6) is 0 Å². The summed E-state index contributed by atoms with van der Waals surface area (Å²) in [5.41, 5.74) is 0. The molecule has 2 heterocycles. The molecule has 0 aliphatic carbocycles. The predicted octanol–water partition coefficient (Wildman–Crippen LogP) is 1.15. The molecule has 2 nitrogen and oxygen atoms in total. The van der Waals surface area contributed by atoms with Crippen molar-refractivity contribution in [1.29, 1.82) is 0 Å². The molecule has 2 aliphatic rings. The van der Waals surface area contributed by atoms with Crippen LogP contribution < -0.4 is 0 Å². The number of thioether (sulfide) groups is 1. The Morgan fingerprint density at radius 1 is 1.73 bits per heavy atom. The third kappa shape index (κ3) is 1.25. The Morgan fingerprint density at radius 3 is 3.18 bits per heavy atom. The fourth-order valence-corrected chi connectivity index (χ4v) is 3.16. The number of nitrogens with zero attached hydrogens (tertiary/aromatic N) is 1. The van der Waals surface area contributed by atoms with Gasteiger partial charge in [0.1, 0.15) is 0 Å². The summed E-state index contributed by atoms with van der Waals surface area (Å²) in [6.07, 6.45) is 0.750. The lowest BCUT2D eigenvalue weighted by Gasteiger charge is -2.45. The summed E-state index contributed by atoms with van der Waals surface area (Å²) in [7, 11) is 0. The van der Waals surface area contributed by atoms with Gasteiger partial charge in [0.15, 0.2) is 0 Å². The summed E-state index contributed by atoms with van der Waals surface area (Å²) < 4.78 is 0.